The molecule has 5 nitrogen and oxygen atoms in total. The van der Waals surface area contributed by atoms with Crippen molar-refractivity contribution in [2.75, 3.05) is 0 Å². The number of carbonyl (C=O) groups excluding carboxylic acids is 2. The van der Waals surface area contributed by atoms with Gasteiger partial charge in [-0.15, -0.1) is 0 Å². The second kappa shape index (κ2) is 12.4. The molecule has 1 saturated heterocycles. The summed E-state index contributed by atoms with van der Waals surface area (Å²) in [6, 6.07) is 39.6. The minimum atomic E-state index is -0.520. The summed E-state index contributed by atoms with van der Waals surface area (Å²) in [5.41, 5.74) is 4.26. The normalized spacial score (nSPS) is 17.7. The molecule has 0 aliphatic carbocycles. The lowest BCUT2D eigenvalue weighted by atomic mass is 9.87. The SMILES string of the molecule is CC(=O)OC1[C@@H](Cc2ccccc2)N(Cc2ccccc2)C(=O)N(Cc2ccccc2)[C@@H]1Cc1ccccc1. The van der Waals surface area contributed by atoms with Crippen molar-refractivity contribution in [3.05, 3.63) is 144 Å². The van der Waals surface area contributed by atoms with Gasteiger partial charge in [0.05, 0.1) is 12.1 Å². The second-order valence-corrected chi connectivity index (χ2v) is 10.1. The zero-order valence-electron chi connectivity index (χ0n) is 22.2. The quantitative estimate of drug-likeness (QED) is 0.245. The van der Waals surface area contributed by atoms with Crippen molar-refractivity contribution in [2.45, 2.75) is 51.0 Å². The molecule has 0 N–H and O–H groups in total. The highest BCUT2D eigenvalue weighted by Crippen LogP contribution is 2.32. The maximum absolute atomic E-state index is 14.5. The van der Waals surface area contributed by atoms with Crippen molar-refractivity contribution in [1.29, 1.82) is 0 Å². The highest BCUT2D eigenvalue weighted by Gasteiger charge is 2.48. The molecule has 1 heterocycles. The molecule has 5 rings (SSSR count). The zero-order chi connectivity index (χ0) is 27.0. The lowest BCUT2D eigenvalue weighted by Gasteiger charge is -2.50. The van der Waals surface area contributed by atoms with Gasteiger partial charge < -0.3 is 14.5 Å². The van der Waals surface area contributed by atoms with E-state index in [2.05, 4.69) is 24.3 Å². The number of hydrogen-bond donors (Lipinski definition) is 0. The van der Waals surface area contributed by atoms with Gasteiger partial charge in [-0.05, 0) is 35.1 Å². The summed E-state index contributed by atoms with van der Waals surface area (Å²) >= 11 is 0. The van der Waals surface area contributed by atoms with Gasteiger partial charge in [0.1, 0.15) is 6.10 Å². The van der Waals surface area contributed by atoms with Crippen molar-refractivity contribution in [1.82, 2.24) is 9.80 Å². The molecule has 2 amide bonds. The van der Waals surface area contributed by atoms with Crippen LogP contribution in [-0.4, -0.2) is 40.0 Å². The van der Waals surface area contributed by atoms with Crippen LogP contribution in [0.1, 0.15) is 29.2 Å². The molecule has 0 aromatic heterocycles. The number of hydrogen-bond acceptors (Lipinski definition) is 3. The molecule has 1 aliphatic heterocycles. The van der Waals surface area contributed by atoms with E-state index < -0.39 is 6.10 Å². The molecular formula is C34H34N2O3. The topological polar surface area (TPSA) is 49.9 Å². The maximum Gasteiger partial charge on any atom is 0.321 e. The first-order chi connectivity index (χ1) is 19.1. The summed E-state index contributed by atoms with van der Waals surface area (Å²) in [5.74, 6) is -0.343. The van der Waals surface area contributed by atoms with Crippen LogP contribution in [0, 0.1) is 0 Å². The van der Waals surface area contributed by atoms with Crippen LogP contribution in [0.3, 0.4) is 0 Å². The van der Waals surface area contributed by atoms with Crippen LogP contribution in [-0.2, 0) is 35.5 Å². The van der Waals surface area contributed by atoms with E-state index in [0.717, 1.165) is 22.3 Å². The lowest BCUT2D eigenvalue weighted by molar-refractivity contribution is -0.157. The van der Waals surface area contributed by atoms with Crippen LogP contribution in [0.25, 0.3) is 0 Å². The van der Waals surface area contributed by atoms with E-state index in [1.807, 2.05) is 107 Å². The van der Waals surface area contributed by atoms with Crippen LogP contribution in [0.15, 0.2) is 121 Å². The third-order valence-corrected chi connectivity index (χ3v) is 7.32. The van der Waals surface area contributed by atoms with Gasteiger partial charge >= 0.3 is 12.0 Å². The van der Waals surface area contributed by atoms with Crippen molar-refractivity contribution in [3.63, 3.8) is 0 Å². The Labute approximate surface area is 230 Å². The van der Waals surface area contributed by atoms with Crippen LogP contribution in [0.2, 0.25) is 0 Å². The van der Waals surface area contributed by atoms with Crippen LogP contribution < -0.4 is 0 Å². The summed E-state index contributed by atoms with van der Waals surface area (Å²) in [5, 5.41) is 0. The van der Waals surface area contributed by atoms with E-state index in [0.29, 0.717) is 25.9 Å². The predicted molar refractivity (Wildman–Crippen MR) is 153 cm³/mol. The predicted octanol–water partition coefficient (Wildman–Crippen LogP) is 6.28. The summed E-state index contributed by atoms with van der Waals surface area (Å²) < 4.78 is 6.17. The number of carbonyl (C=O) groups is 2. The first kappa shape index (κ1) is 26.2. The summed E-state index contributed by atoms with van der Waals surface area (Å²) in [6.45, 7) is 2.31. The maximum atomic E-state index is 14.5. The fourth-order valence-corrected chi connectivity index (χ4v) is 5.50. The Morgan fingerprint density at radius 3 is 1.26 bits per heavy atom. The van der Waals surface area contributed by atoms with Gasteiger partial charge in [-0.25, -0.2) is 4.79 Å². The molecule has 0 saturated carbocycles. The minimum Gasteiger partial charge on any atom is -0.458 e. The molecule has 1 fully saturated rings. The highest BCUT2D eigenvalue weighted by molar-refractivity contribution is 5.77. The molecular weight excluding hydrogens is 484 g/mol. The molecule has 4 aromatic carbocycles. The molecule has 198 valence electrons. The summed E-state index contributed by atoms with van der Waals surface area (Å²) in [4.78, 5) is 30.9. The van der Waals surface area contributed by atoms with Gasteiger partial charge in [-0.3, -0.25) is 4.79 Å². The highest BCUT2D eigenvalue weighted by atomic mass is 16.5. The standard InChI is InChI=1S/C34H34N2O3/c1-26(37)39-33-31(22-27-14-6-2-7-15-27)35(24-29-18-10-4-11-19-29)34(38)36(25-30-20-12-5-13-21-30)32(33)23-28-16-8-3-9-17-28/h2-21,31-33H,22-25H2,1H3/t31-,32-/m1/s1. The van der Waals surface area contributed by atoms with Gasteiger partial charge in [0.25, 0.3) is 0 Å². The summed E-state index contributed by atoms with van der Waals surface area (Å²) in [7, 11) is 0. The molecule has 0 spiro atoms. The fraction of sp³-hybridized carbons (Fsp3) is 0.235. The van der Waals surface area contributed by atoms with Crippen LogP contribution in [0.5, 0.6) is 0 Å². The second-order valence-electron chi connectivity index (χ2n) is 10.1. The minimum absolute atomic E-state index is 0.0482. The molecule has 5 heteroatoms. The Bertz CT molecular complexity index is 1250. The lowest BCUT2D eigenvalue weighted by Crippen LogP contribution is -2.67. The van der Waals surface area contributed by atoms with Crippen molar-refractivity contribution in [3.8, 4) is 0 Å². The fourth-order valence-electron chi connectivity index (χ4n) is 5.50. The number of esters is 1. The Balaban J connectivity index is 1.60. The van der Waals surface area contributed by atoms with Crippen molar-refractivity contribution < 1.29 is 14.3 Å². The molecule has 4 aromatic rings. The monoisotopic (exact) mass is 518 g/mol. The van der Waals surface area contributed by atoms with E-state index in [9.17, 15) is 9.59 Å². The number of urea groups is 1. The number of ether oxygens (including phenoxy) is 1. The smallest absolute Gasteiger partial charge is 0.321 e. The third kappa shape index (κ3) is 6.55. The van der Waals surface area contributed by atoms with Gasteiger partial charge in [0.2, 0.25) is 0 Å². The molecule has 39 heavy (non-hydrogen) atoms. The molecule has 0 unspecified atom stereocenters. The average Bonchev–Trinajstić information content (AvgIpc) is 2.97. The molecule has 0 radical (unpaired) electrons. The first-order valence-corrected chi connectivity index (χ1v) is 13.5. The largest absolute Gasteiger partial charge is 0.458 e. The zero-order valence-corrected chi connectivity index (χ0v) is 22.2. The van der Waals surface area contributed by atoms with E-state index in [4.69, 9.17) is 4.74 Å². The van der Waals surface area contributed by atoms with Crippen molar-refractivity contribution >= 4 is 12.0 Å². The first-order valence-electron chi connectivity index (χ1n) is 13.5. The Kier molecular flexibility index (Phi) is 8.37. The van der Waals surface area contributed by atoms with Gasteiger partial charge in [0.15, 0.2) is 0 Å². The number of nitrogens with zero attached hydrogens (tertiary/aromatic N) is 2. The van der Waals surface area contributed by atoms with Crippen LogP contribution in [0.4, 0.5) is 4.79 Å². The molecule has 0 bridgehead atoms. The molecule has 1 aliphatic rings. The van der Waals surface area contributed by atoms with Gasteiger partial charge in [-0.2, -0.15) is 0 Å². The Hall–Kier alpha value is -4.38. The van der Waals surface area contributed by atoms with E-state index in [-0.39, 0.29) is 24.1 Å². The van der Waals surface area contributed by atoms with E-state index in [1.54, 1.807) is 0 Å². The Morgan fingerprint density at radius 2 is 0.923 bits per heavy atom. The number of rotatable bonds is 9. The summed E-state index contributed by atoms with van der Waals surface area (Å²) in [6.07, 6.45) is 0.650. The van der Waals surface area contributed by atoms with Gasteiger partial charge in [0, 0.05) is 20.0 Å². The van der Waals surface area contributed by atoms with Crippen LogP contribution >= 0.6 is 0 Å². The number of benzene rings is 4. The van der Waals surface area contributed by atoms with Gasteiger partial charge in [-0.1, -0.05) is 121 Å². The average molecular weight is 519 g/mol. The Morgan fingerprint density at radius 1 is 0.590 bits per heavy atom. The van der Waals surface area contributed by atoms with E-state index in [1.165, 1.54) is 6.92 Å². The van der Waals surface area contributed by atoms with Crippen molar-refractivity contribution in [2.24, 2.45) is 0 Å². The molecule has 2 atom stereocenters. The third-order valence-electron chi connectivity index (χ3n) is 7.32. The van der Waals surface area contributed by atoms with E-state index >= 15 is 0 Å². The number of amides is 2.